The van der Waals surface area contributed by atoms with E-state index in [9.17, 15) is 0 Å². The van der Waals surface area contributed by atoms with Crippen molar-refractivity contribution in [3.63, 3.8) is 0 Å². The predicted molar refractivity (Wildman–Crippen MR) is 71.4 cm³/mol. The van der Waals surface area contributed by atoms with Gasteiger partial charge in [0.05, 0.1) is 0 Å². The van der Waals surface area contributed by atoms with Crippen LogP contribution in [0.15, 0.2) is 0 Å². The molecule has 0 amide bonds. The van der Waals surface area contributed by atoms with Crippen LogP contribution in [-0.2, 0) is 31.2 Å². The Morgan fingerprint density at radius 1 is 0.320 bits per heavy atom. The van der Waals surface area contributed by atoms with Crippen molar-refractivity contribution in [3.05, 3.63) is 0 Å². The van der Waals surface area contributed by atoms with Gasteiger partial charge in [-0.1, -0.05) is 0 Å². The fourth-order valence-electron chi connectivity index (χ4n) is 0. The summed E-state index contributed by atoms with van der Waals surface area (Å²) in [6, 6.07) is 0. The van der Waals surface area contributed by atoms with Gasteiger partial charge in [0.2, 0.25) is 0 Å². The number of hydrogen-bond donors (Lipinski definition) is 6. The van der Waals surface area contributed by atoms with E-state index in [2.05, 4.69) is 0 Å². The Balaban J connectivity index is -0.00000000655. The molecule has 25 heavy (non-hydrogen) atoms. The summed E-state index contributed by atoms with van der Waals surface area (Å²) in [5, 5.41) is 0. The average Bonchev–Trinajstić information content (AvgIpc) is 1.41. The topological polar surface area (TPSA) is 476 Å². The standard InChI is InChI=1S/3H2O4S.8H2O.2Yb/c3*1-5(2,3)4;;;;;;;;;;/h3*(H2,1,2,3,4);8*1H2;;. The van der Waals surface area contributed by atoms with E-state index in [1.54, 1.807) is 0 Å². The first-order valence-corrected chi connectivity index (χ1v) is 6.29. The molecule has 0 radical (unpaired) electrons. The van der Waals surface area contributed by atoms with Gasteiger partial charge < -0.3 is 43.8 Å². The summed E-state index contributed by atoms with van der Waals surface area (Å²) in [4.78, 5) is 0. The Kier molecular flexibility index (Phi) is 151. The van der Waals surface area contributed by atoms with Crippen LogP contribution in [0.5, 0.6) is 0 Å². The maximum absolute atomic E-state index is 8.74. The monoisotopic (exact) mass is 786 g/mol. The quantitative estimate of drug-likeness (QED) is 0.125. The van der Waals surface area contributed by atoms with Gasteiger partial charge in [0, 0.05) is 93.8 Å². The van der Waals surface area contributed by atoms with Crippen molar-refractivity contribution in [1.29, 1.82) is 0 Å². The molecule has 0 atom stereocenters. The predicted octanol–water partition coefficient (Wildman–Crippen LogP) is -8.56. The molecule has 0 heterocycles. The molecule has 0 unspecified atom stereocenters. The fourth-order valence-corrected chi connectivity index (χ4v) is 0. The van der Waals surface area contributed by atoms with Gasteiger partial charge in [-0.3, -0.25) is 27.3 Å². The van der Waals surface area contributed by atoms with E-state index < -0.39 is 31.2 Å². The smallest absolute Gasteiger partial charge is 0.394 e. The third-order valence-electron chi connectivity index (χ3n) is 0. The molecule has 0 bridgehead atoms. The minimum absolute atomic E-state index is 0. The van der Waals surface area contributed by atoms with Gasteiger partial charge in [-0.15, -0.1) is 0 Å². The second-order valence-corrected chi connectivity index (χ2v) is 4.03. The molecule has 0 aliphatic carbocycles. The first-order chi connectivity index (χ1) is 6.00. The van der Waals surface area contributed by atoms with Crippen molar-refractivity contribution < 1.29 is 190 Å². The Bertz CT molecular complexity index is 344. The molecular formula is H22O20S3Yb2. The summed E-state index contributed by atoms with van der Waals surface area (Å²) in [5.41, 5.74) is 0. The molecular weight excluding hydrogens is 762 g/mol. The van der Waals surface area contributed by atoms with Gasteiger partial charge in [0.25, 0.3) is 0 Å². The summed E-state index contributed by atoms with van der Waals surface area (Å²) < 4.78 is 94.8. The van der Waals surface area contributed by atoms with E-state index in [0.29, 0.717) is 0 Å². The van der Waals surface area contributed by atoms with Gasteiger partial charge in [-0.05, 0) is 0 Å². The zero-order chi connectivity index (χ0) is 13.5. The van der Waals surface area contributed by atoms with Gasteiger partial charge >= 0.3 is 31.2 Å². The maximum Gasteiger partial charge on any atom is 0.394 e. The second kappa shape index (κ2) is 40.9. The van der Waals surface area contributed by atoms with Crippen LogP contribution < -0.4 is 0 Å². The van der Waals surface area contributed by atoms with Gasteiger partial charge in [-0.25, -0.2) is 0 Å². The third-order valence-corrected chi connectivity index (χ3v) is 0. The summed E-state index contributed by atoms with van der Waals surface area (Å²) in [6.45, 7) is 0. The number of hydrogen-bond acceptors (Lipinski definition) is 6. The molecule has 188 valence electrons. The second-order valence-electron chi connectivity index (χ2n) is 1.34. The molecule has 0 aromatic heterocycles. The van der Waals surface area contributed by atoms with E-state index in [1.165, 1.54) is 0 Å². The minimum atomic E-state index is -4.67. The summed E-state index contributed by atoms with van der Waals surface area (Å²) in [6.07, 6.45) is 0. The van der Waals surface area contributed by atoms with Crippen LogP contribution in [0.1, 0.15) is 0 Å². The molecule has 22 N–H and O–H groups in total. The van der Waals surface area contributed by atoms with Gasteiger partial charge in [0.15, 0.2) is 0 Å². The van der Waals surface area contributed by atoms with Crippen molar-refractivity contribution in [3.8, 4) is 0 Å². The zero-order valence-corrected chi connectivity index (χ0v) is 16.8. The average molecular weight is 784 g/mol. The molecule has 25 heteroatoms. The van der Waals surface area contributed by atoms with Crippen LogP contribution in [0.4, 0.5) is 0 Å². The maximum atomic E-state index is 8.74. The third kappa shape index (κ3) is 2870. The van der Waals surface area contributed by atoms with Gasteiger partial charge in [-0.2, -0.15) is 25.3 Å². The van der Waals surface area contributed by atoms with Crippen LogP contribution in [0.3, 0.4) is 0 Å². The van der Waals surface area contributed by atoms with Crippen molar-refractivity contribution >= 4 is 31.2 Å². The fraction of sp³-hybridized carbons (Fsp3) is 0. The van der Waals surface area contributed by atoms with E-state index in [4.69, 9.17) is 52.6 Å². The van der Waals surface area contributed by atoms with Crippen molar-refractivity contribution in [2.24, 2.45) is 0 Å². The van der Waals surface area contributed by atoms with E-state index in [-0.39, 0.29) is 138 Å². The Morgan fingerprint density at radius 3 is 0.320 bits per heavy atom. The molecule has 0 spiro atoms. The van der Waals surface area contributed by atoms with Crippen molar-refractivity contribution in [1.82, 2.24) is 0 Å². The van der Waals surface area contributed by atoms with Crippen LogP contribution >= 0.6 is 0 Å². The Labute approximate surface area is 218 Å². The van der Waals surface area contributed by atoms with Crippen molar-refractivity contribution in [2.45, 2.75) is 0 Å². The van der Waals surface area contributed by atoms with E-state index >= 15 is 0 Å². The Morgan fingerprint density at radius 2 is 0.320 bits per heavy atom. The first-order valence-electron chi connectivity index (χ1n) is 2.10. The molecule has 0 saturated heterocycles. The molecule has 0 aliphatic heterocycles. The largest absolute Gasteiger partial charge is 0.412 e. The van der Waals surface area contributed by atoms with Crippen LogP contribution in [0.2, 0.25) is 0 Å². The van der Waals surface area contributed by atoms with Crippen molar-refractivity contribution in [2.75, 3.05) is 0 Å². The molecule has 0 aliphatic rings. The van der Waals surface area contributed by atoms with E-state index in [1.807, 2.05) is 0 Å². The molecule has 0 aromatic carbocycles. The van der Waals surface area contributed by atoms with Gasteiger partial charge in [0.1, 0.15) is 0 Å². The molecule has 0 aromatic rings. The molecule has 0 saturated carbocycles. The first kappa shape index (κ1) is 92.3. The SMILES string of the molecule is O.O.O.O.O.O.O.O.O=S(=O)(O)O.O=S(=O)(O)O.O=S(=O)(O)O.[Yb].[Yb]. The number of rotatable bonds is 0. The molecule has 0 rings (SSSR count). The minimum Gasteiger partial charge on any atom is -0.412 e. The summed E-state index contributed by atoms with van der Waals surface area (Å²) >= 11 is 0. The Hall–Kier alpha value is 2.33. The zero-order valence-electron chi connectivity index (χ0n) is 10.9. The normalized spacial score (nSPS) is 6.96. The van der Waals surface area contributed by atoms with E-state index in [0.717, 1.165) is 0 Å². The molecule has 20 nitrogen and oxygen atoms in total. The summed E-state index contributed by atoms with van der Waals surface area (Å²) in [7, 11) is -14.0. The van der Waals surface area contributed by atoms with Crippen LogP contribution in [0.25, 0.3) is 0 Å². The van der Waals surface area contributed by atoms with Crippen LogP contribution in [0, 0.1) is 93.8 Å². The summed E-state index contributed by atoms with van der Waals surface area (Å²) in [5.74, 6) is 0. The molecule has 0 fully saturated rings. The van der Waals surface area contributed by atoms with Crippen LogP contribution in [-0.4, -0.2) is 96.4 Å².